The molecule has 1 unspecified atom stereocenters. The number of benzene rings is 1. The van der Waals surface area contributed by atoms with Crippen molar-refractivity contribution in [2.75, 3.05) is 5.32 Å². The largest absolute Gasteiger partial charge is 0.479 e. The summed E-state index contributed by atoms with van der Waals surface area (Å²) in [6.45, 7) is 1.61. The van der Waals surface area contributed by atoms with Crippen LogP contribution in [-0.2, 0) is 4.79 Å². The highest BCUT2D eigenvalue weighted by atomic mass is 35.5. The van der Waals surface area contributed by atoms with E-state index in [9.17, 15) is 4.79 Å². The van der Waals surface area contributed by atoms with Crippen LogP contribution in [0.5, 0.6) is 5.75 Å². The summed E-state index contributed by atoms with van der Waals surface area (Å²) >= 11 is 17.5. The van der Waals surface area contributed by atoms with Gasteiger partial charge in [-0.1, -0.05) is 34.8 Å². The van der Waals surface area contributed by atoms with Crippen molar-refractivity contribution in [3.63, 3.8) is 0 Å². The number of nitrogens with zero attached hydrogens (tertiary/aromatic N) is 1. The topological polar surface area (TPSA) is 51.2 Å². The fraction of sp³-hybridized carbons (Fsp3) is 0.143. The molecule has 0 saturated heterocycles. The van der Waals surface area contributed by atoms with E-state index in [0.29, 0.717) is 26.6 Å². The molecule has 0 bridgehead atoms. The molecule has 0 aliphatic rings. The van der Waals surface area contributed by atoms with Gasteiger partial charge in [-0.15, -0.1) is 0 Å². The maximum Gasteiger partial charge on any atom is 0.265 e. The Bertz CT molecular complexity index is 664. The molecule has 0 fully saturated rings. The summed E-state index contributed by atoms with van der Waals surface area (Å²) in [7, 11) is 0. The summed E-state index contributed by atoms with van der Waals surface area (Å²) in [4.78, 5) is 15.9. The van der Waals surface area contributed by atoms with Gasteiger partial charge in [-0.3, -0.25) is 4.79 Å². The van der Waals surface area contributed by atoms with Crippen LogP contribution in [0.15, 0.2) is 36.5 Å². The predicted molar refractivity (Wildman–Crippen MR) is 84.4 cm³/mol. The Morgan fingerprint density at radius 2 is 2.00 bits per heavy atom. The van der Waals surface area contributed by atoms with Gasteiger partial charge in [-0.25, -0.2) is 4.98 Å². The Kier molecular flexibility index (Phi) is 5.28. The molecule has 2 aromatic rings. The number of amides is 1. The first-order valence-electron chi connectivity index (χ1n) is 6.00. The van der Waals surface area contributed by atoms with Gasteiger partial charge in [0.2, 0.25) is 0 Å². The van der Waals surface area contributed by atoms with Gasteiger partial charge in [0.05, 0.1) is 5.02 Å². The molecule has 1 atom stereocenters. The third-order valence-corrected chi connectivity index (χ3v) is 3.30. The number of aromatic nitrogens is 1. The van der Waals surface area contributed by atoms with Crippen LogP contribution < -0.4 is 10.1 Å². The Morgan fingerprint density at radius 1 is 1.24 bits per heavy atom. The number of pyridine rings is 1. The molecule has 7 heteroatoms. The molecule has 4 nitrogen and oxygen atoms in total. The maximum absolute atomic E-state index is 12.0. The summed E-state index contributed by atoms with van der Waals surface area (Å²) in [6.07, 6.45) is 0.759. The SMILES string of the molecule is CC(Oc1ccc(Cl)cc1Cl)C(=O)Nc1ccnc(Cl)c1. The fourth-order valence-electron chi connectivity index (χ4n) is 1.54. The van der Waals surface area contributed by atoms with Gasteiger partial charge in [0.25, 0.3) is 5.91 Å². The standard InChI is InChI=1S/C14H11Cl3N2O2/c1-8(21-12-3-2-9(15)6-11(12)16)14(20)19-10-4-5-18-13(17)7-10/h2-8H,1H3,(H,18,19,20). The van der Waals surface area contributed by atoms with Crippen LogP contribution in [0.2, 0.25) is 15.2 Å². The summed E-state index contributed by atoms with van der Waals surface area (Å²) in [6, 6.07) is 7.96. The second-order valence-electron chi connectivity index (χ2n) is 4.19. The summed E-state index contributed by atoms with van der Waals surface area (Å²) in [5.41, 5.74) is 0.539. The summed E-state index contributed by atoms with van der Waals surface area (Å²) in [5.74, 6) is 0.0553. The zero-order chi connectivity index (χ0) is 15.4. The van der Waals surface area contributed by atoms with Crippen LogP contribution >= 0.6 is 34.8 Å². The number of nitrogens with one attached hydrogen (secondary N) is 1. The van der Waals surface area contributed by atoms with Crippen molar-refractivity contribution in [3.8, 4) is 5.75 Å². The van der Waals surface area contributed by atoms with Gasteiger partial charge in [0.1, 0.15) is 10.9 Å². The van der Waals surface area contributed by atoms with Gasteiger partial charge < -0.3 is 10.1 Å². The average Bonchev–Trinajstić information content (AvgIpc) is 2.41. The predicted octanol–water partition coefficient (Wildman–Crippen LogP) is 4.45. The lowest BCUT2D eigenvalue weighted by Crippen LogP contribution is -2.30. The third-order valence-electron chi connectivity index (χ3n) is 2.56. The molecule has 1 aromatic carbocycles. The maximum atomic E-state index is 12.0. The van der Waals surface area contributed by atoms with Crippen molar-refractivity contribution in [2.24, 2.45) is 0 Å². The van der Waals surface area contributed by atoms with Crippen molar-refractivity contribution in [2.45, 2.75) is 13.0 Å². The molecule has 1 aromatic heterocycles. The first-order chi connectivity index (χ1) is 9.95. The van der Waals surface area contributed by atoms with Gasteiger partial charge in [-0.05, 0) is 37.3 Å². The molecule has 0 saturated carbocycles. The van der Waals surface area contributed by atoms with Gasteiger partial charge in [-0.2, -0.15) is 0 Å². The monoisotopic (exact) mass is 344 g/mol. The molecule has 0 spiro atoms. The van der Waals surface area contributed by atoms with Crippen molar-refractivity contribution in [3.05, 3.63) is 51.7 Å². The molecule has 0 radical (unpaired) electrons. The quantitative estimate of drug-likeness (QED) is 0.833. The minimum absolute atomic E-state index is 0.294. The first-order valence-corrected chi connectivity index (χ1v) is 7.13. The van der Waals surface area contributed by atoms with Crippen molar-refractivity contribution in [1.82, 2.24) is 4.98 Å². The lowest BCUT2D eigenvalue weighted by Gasteiger charge is -2.15. The summed E-state index contributed by atoms with van der Waals surface area (Å²) in [5, 5.41) is 3.81. The molecule has 2 rings (SSSR count). The van der Waals surface area contributed by atoms with E-state index >= 15 is 0 Å². The second kappa shape index (κ2) is 6.98. The highest BCUT2D eigenvalue weighted by molar-refractivity contribution is 6.35. The van der Waals surface area contributed by atoms with E-state index in [2.05, 4.69) is 10.3 Å². The van der Waals surface area contributed by atoms with Crippen LogP contribution in [0.3, 0.4) is 0 Å². The second-order valence-corrected chi connectivity index (χ2v) is 5.42. The molecule has 0 aliphatic carbocycles. The van der Waals surface area contributed by atoms with E-state index in [1.54, 1.807) is 37.3 Å². The summed E-state index contributed by atoms with van der Waals surface area (Å²) < 4.78 is 5.51. The van der Waals surface area contributed by atoms with Crippen LogP contribution in [0.25, 0.3) is 0 Å². The van der Waals surface area contributed by atoms with Crippen LogP contribution in [0.4, 0.5) is 5.69 Å². The molecule has 0 aliphatic heterocycles. The number of carbonyl (C=O) groups is 1. The number of carbonyl (C=O) groups excluding carboxylic acids is 1. The van der Waals surface area contributed by atoms with Crippen LogP contribution in [-0.4, -0.2) is 17.0 Å². The molecule has 21 heavy (non-hydrogen) atoms. The number of rotatable bonds is 4. The van der Waals surface area contributed by atoms with Crippen LogP contribution in [0, 0.1) is 0 Å². The minimum Gasteiger partial charge on any atom is -0.479 e. The molecule has 1 amide bonds. The normalized spacial score (nSPS) is 11.8. The molecule has 1 N–H and O–H groups in total. The van der Waals surface area contributed by atoms with E-state index in [-0.39, 0.29) is 5.91 Å². The molecular weight excluding hydrogens is 335 g/mol. The fourth-order valence-corrected chi connectivity index (χ4v) is 2.17. The smallest absolute Gasteiger partial charge is 0.265 e. The minimum atomic E-state index is -0.740. The highest BCUT2D eigenvalue weighted by Crippen LogP contribution is 2.28. The Hall–Kier alpha value is -1.49. The zero-order valence-electron chi connectivity index (χ0n) is 10.9. The van der Waals surface area contributed by atoms with E-state index < -0.39 is 6.10 Å². The Balaban J connectivity index is 2.02. The van der Waals surface area contributed by atoms with Gasteiger partial charge in [0, 0.05) is 16.9 Å². The van der Waals surface area contributed by atoms with Gasteiger partial charge >= 0.3 is 0 Å². The number of hydrogen-bond acceptors (Lipinski definition) is 3. The number of halogens is 3. The lowest BCUT2D eigenvalue weighted by molar-refractivity contribution is -0.122. The van der Waals surface area contributed by atoms with E-state index in [1.807, 2.05) is 0 Å². The highest BCUT2D eigenvalue weighted by Gasteiger charge is 2.16. The number of anilines is 1. The van der Waals surface area contributed by atoms with E-state index in [0.717, 1.165) is 0 Å². The number of hydrogen-bond donors (Lipinski definition) is 1. The van der Waals surface area contributed by atoms with Crippen LogP contribution in [0.1, 0.15) is 6.92 Å². The zero-order valence-corrected chi connectivity index (χ0v) is 13.2. The Labute approximate surface area is 137 Å². The Morgan fingerprint density at radius 3 is 2.67 bits per heavy atom. The van der Waals surface area contributed by atoms with E-state index in [4.69, 9.17) is 39.5 Å². The van der Waals surface area contributed by atoms with E-state index in [1.165, 1.54) is 6.20 Å². The molecule has 1 heterocycles. The van der Waals surface area contributed by atoms with Crippen molar-refractivity contribution >= 4 is 46.4 Å². The lowest BCUT2D eigenvalue weighted by atomic mass is 10.3. The molecule has 110 valence electrons. The van der Waals surface area contributed by atoms with Crippen molar-refractivity contribution < 1.29 is 9.53 Å². The first kappa shape index (κ1) is 15.9. The molecular formula is C14H11Cl3N2O2. The third kappa shape index (κ3) is 4.49. The van der Waals surface area contributed by atoms with Crippen molar-refractivity contribution in [1.29, 1.82) is 0 Å². The average molecular weight is 346 g/mol. The van der Waals surface area contributed by atoms with Gasteiger partial charge in [0.15, 0.2) is 6.10 Å². The number of ether oxygens (including phenoxy) is 1.